The van der Waals surface area contributed by atoms with Gasteiger partial charge in [-0.3, -0.25) is 4.79 Å². The summed E-state index contributed by atoms with van der Waals surface area (Å²) in [6.45, 7) is 5.30. The van der Waals surface area contributed by atoms with E-state index in [4.69, 9.17) is 39.5 Å². The molecule has 0 aliphatic rings. The number of hydrogen-bond donors (Lipinski definition) is 9. The van der Waals surface area contributed by atoms with Gasteiger partial charge in [0.1, 0.15) is 0 Å². The van der Waals surface area contributed by atoms with E-state index in [0.717, 1.165) is 24.8 Å². The lowest BCUT2D eigenvalue weighted by atomic mass is 10.2. The van der Waals surface area contributed by atoms with Crippen LogP contribution in [0.5, 0.6) is 17.2 Å². The first kappa shape index (κ1) is 45.6. The van der Waals surface area contributed by atoms with Crippen molar-refractivity contribution in [1.29, 1.82) is 0 Å². The number of aromatic hydroxyl groups is 3. The molecule has 0 heterocycles. The summed E-state index contributed by atoms with van der Waals surface area (Å²) in [5, 5.41) is 44.7. The molecule has 0 saturated heterocycles. The van der Waals surface area contributed by atoms with Crippen molar-refractivity contribution in [3.05, 3.63) is 106 Å². The van der Waals surface area contributed by atoms with Crippen LogP contribution in [0.2, 0.25) is 15.1 Å². The number of esters is 1. The van der Waals surface area contributed by atoms with Gasteiger partial charge in [0.2, 0.25) is 0 Å². The molecule has 9 N–H and O–H groups in total. The number of benzene rings is 4. The van der Waals surface area contributed by atoms with Crippen molar-refractivity contribution in [1.82, 2.24) is 16.0 Å². The van der Waals surface area contributed by atoms with Crippen LogP contribution in [-0.2, 0) is 16.1 Å². The molecule has 0 saturated carbocycles. The van der Waals surface area contributed by atoms with Crippen molar-refractivity contribution < 1.29 is 39.2 Å². The van der Waals surface area contributed by atoms with Crippen LogP contribution in [0.1, 0.15) is 45.1 Å². The van der Waals surface area contributed by atoms with Crippen LogP contribution < -0.4 is 31.9 Å². The Morgan fingerprint density at radius 2 is 1.00 bits per heavy atom. The summed E-state index contributed by atoms with van der Waals surface area (Å²) < 4.78 is 4.71. The largest absolute Gasteiger partial charge is 0.504 e. The maximum absolute atomic E-state index is 11.7. The van der Waals surface area contributed by atoms with Gasteiger partial charge in [0.25, 0.3) is 0 Å². The second-order valence-electron chi connectivity index (χ2n) is 11.2. The third-order valence-corrected chi connectivity index (χ3v) is 7.90. The van der Waals surface area contributed by atoms with Gasteiger partial charge in [-0.1, -0.05) is 103 Å². The average molecular weight is 820 g/mol. The summed E-state index contributed by atoms with van der Waals surface area (Å²) in [6.07, 6.45) is 3.23. The second-order valence-corrected chi connectivity index (χ2v) is 12.4. The zero-order valence-electron chi connectivity index (χ0n) is 30.3. The first-order valence-corrected chi connectivity index (χ1v) is 18.3. The predicted octanol–water partition coefficient (Wildman–Crippen LogP) is 8.84. The SMILES string of the molecule is CCCCCNC(=O)Nc1cccc(Cl)c1O.CCOC(=O)CCNC(=O)Nc1cccc(Cl)c1O.O=C(NCc1ccccc1)Nc1cccc(Cl)c1O. The van der Waals surface area contributed by atoms with Crippen LogP contribution in [0.15, 0.2) is 84.9 Å². The molecule has 55 heavy (non-hydrogen) atoms. The van der Waals surface area contributed by atoms with Gasteiger partial charge >= 0.3 is 24.1 Å². The van der Waals surface area contributed by atoms with E-state index in [2.05, 4.69) is 38.8 Å². The van der Waals surface area contributed by atoms with Gasteiger partial charge in [-0.25, -0.2) is 14.4 Å². The molecule has 0 aliphatic heterocycles. The second kappa shape index (κ2) is 25.4. The van der Waals surface area contributed by atoms with E-state index in [1.54, 1.807) is 49.4 Å². The fraction of sp³-hybridized carbons (Fsp3) is 0.263. The summed E-state index contributed by atoms with van der Waals surface area (Å²) in [6, 6.07) is 22.4. The van der Waals surface area contributed by atoms with Crippen molar-refractivity contribution >= 4 is 75.9 Å². The molecule has 0 unspecified atom stereocenters. The Bertz CT molecular complexity index is 1840. The molecule has 0 fully saturated rings. The van der Waals surface area contributed by atoms with Crippen LogP contribution in [0, 0.1) is 0 Å². The van der Waals surface area contributed by atoms with Gasteiger partial charge in [-0.05, 0) is 55.3 Å². The molecule has 0 atom stereocenters. The Labute approximate surface area is 334 Å². The van der Waals surface area contributed by atoms with E-state index in [0.29, 0.717) is 25.4 Å². The Balaban J connectivity index is 0.000000286. The van der Waals surface area contributed by atoms with Crippen molar-refractivity contribution in [2.45, 2.75) is 46.1 Å². The van der Waals surface area contributed by atoms with E-state index in [1.165, 1.54) is 12.1 Å². The highest BCUT2D eigenvalue weighted by molar-refractivity contribution is 6.33. The lowest BCUT2D eigenvalue weighted by Gasteiger charge is -2.09. The number of unbranched alkanes of at least 4 members (excludes halogenated alkanes) is 2. The molecule has 4 rings (SSSR count). The normalized spacial score (nSPS) is 9.91. The number of ether oxygens (including phenoxy) is 1. The molecule has 0 radical (unpaired) electrons. The van der Waals surface area contributed by atoms with Gasteiger partial charge in [-0.2, -0.15) is 0 Å². The van der Waals surface area contributed by atoms with Gasteiger partial charge in [0.15, 0.2) is 17.2 Å². The number of anilines is 3. The molecule has 4 aromatic rings. The van der Waals surface area contributed by atoms with Crippen molar-refractivity contribution in [2.75, 3.05) is 35.6 Å². The number of para-hydroxylation sites is 3. The Morgan fingerprint density at radius 3 is 1.44 bits per heavy atom. The van der Waals surface area contributed by atoms with E-state index >= 15 is 0 Å². The van der Waals surface area contributed by atoms with Crippen LogP contribution in [0.25, 0.3) is 0 Å². The summed E-state index contributed by atoms with van der Waals surface area (Å²) in [5.74, 6) is -0.838. The number of carbonyl (C=O) groups is 4. The van der Waals surface area contributed by atoms with Crippen molar-refractivity contribution in [3.63, 3.8) is 0 Å². The Kier molecular flexibility index (Phi) is 21.1. The number of nitrogens with one attached hydrogen (secondary N) is 6. The molecular weight excluding hydrogens is 775 g/mol. The van der Waals surface area contributed by atoms with E-state index < -0.39 is 12.1 Å². The molecule has 6 amide bonds. The highest BCUT2D eigenvalue weighted by Crippen LogP contribution is 2.32. The number of phenols is 3. The maximum Gasteiger partial charge on any atom is 0.319 e. The topological polar surface area (TPSA) is 210 Å². The zero-order chi connectivity index (χ0) is 40.6. The quantitative estimate of drug-likeness (QED) is 0.0361. The molecule has 17 heteroatoms. The number of rotatable bonds is 13. The summed E-state index contributed by atoms with van der Waals surface area (Å²) in [5.41, 5.74) is 1.78. The highest BCUT2D eigenvalue weighted by Gasteiger charge is 2.11. The van der Waals surface area contributed by atoms with E-state index in [-0.39, 0.29) is 68.7 Å². The average Bonchev–Trinajstić information content (AvgIpc) is 3.16. The summed E-state index contributed by atoms with van der Waals surface area (Å²) >= 11 is 17.2. The van der Waals surface area contributed by atoms with E-state index in [9.17, 15) is 34.5 Å². The van der Waals surface area contributed by atoms with Crippen molar-refractivity contribution in [3.8, 4) is 17.2 Å². The minimum absolute atomic E-state index is 0.0861. The van der Waals surface area contributed by atoms with Crippen LogP contribution in [0.3, 0.4) is 0 Å². The lowest BCUT2D eigenvalue weighted by molar-refractivity contribution is -0.142. The number of carbonyl (C=O) groups excluding carboxylic acids is 4. The fourth-order valence-electron chi connectivity index (χ4n) is 4.21. The highest BCUT2D eigenvalue weighted by atomic mass is 35.5. The molecular formula is C38H45Cl3N6O8. The van der Waals surface area contributed by atoms with Crippen LogP contribution in [0.4, 0.5) is 31.4 Å². The maximum atomic E-state index is 11.7. The molecule has 14 nitrogen and oxygen atoms in total. The summed E-state index contributed by atoms with van der Waals surface area (Å²) in [4.78, 5) is 45.7. The minimum atomic E-state index is -0.540. The molecule has 0 aliphatic carbocycles. The number of amides is 6. The fourth-order valence-corrected chi connectivity index (χ4v) is 4.74. The van der Waals surface area contributed by atoms with Crippen LogP contribution in [-0.4, -0.2) is 59.1 Å². The first-order valence-electron chi connectivity index (χ1n) is 17.1. The first-order chi connectivity index (χ1) is 26.4. The molecule has 0 aromatic heterocycles. The zero-order valence-corrected chi connectivity index (χ0v) is 32.5. The number of halogens is 3. The van der Waals surface area contributed by atoms with Crippen molar-refractivity contribution in [2.24, 2.45) is 0 Å². The van der Waals surface area contributed by atoms with Gasteiger partial charge in [-0.15, -0.1) is 0 Å². The van der Waals surface area contributed by atoms with Gasteiger partial charge in [0, 0.05) is 19.6 Å². The molecule has 0 spiro atoms. The molecule has 4 aromatic carbocycles. The van der Waals surface area contributed by atoms with Gasteiger partial charge < -0.3 is 52.0 Å². The Morgan fingerprint density at radius 1 is 0.564 bits per heavy atom. The third-order valence-electron chi connectivity index (χ3n) is 6.99. The number of phenolic OH excluding ortho intramolecular Hbond substituents is 3. The Hall–Kier alpha value is -5.57. The molecule has 0 bridgehead atoms. The van der Waals surface area contributed by atoms with Crippen LogP contribution >= 0.6 is 34.8 Å². The lowest BCUT2D eigenvalue weighted by Crippen LogP contribution is -2.30. The molecule has 296 valence electrons. The third kappa shape index (κ3) is 17.9. The number of hydrogen-bond acceptors (Lipinski definition) is 8. The van der Waals surface area contributed by atoms with Gasteiger partial charge in [0.05, 0.1) is 45.2 Å². The number of urea groups is 3. The van der Waals surface area contributed by atoms with E-state index in [1.807, 2.05) is 30.3 Å². The minimum Gasteiger partial charge on any atom is -0.504 e. The monoisotopic (exact) mass is 818 g/mol. The standard InChI is InChI=1S/C14H13ClN2O2.C12H15ClN2O4.C12H17ClN2O2/c15-11-7-4-8-12(13(11)18)17-14(19)16-9-10-5-2-1-3-6-10;1-2-19-10(16)6-7-14-12(18)15-9-5-3-4-8(13)11(9)17;1-2-3-4-8-14-12(17)15-10-7-5-6-9(13)11(10)16/h1-8,18H,9H2,(H2,16,17,19);3-5,17H,2,6-7H2,1H3,(H2,14,15,18);5-7,16H,2-4,8H2,1H3,(H2,14,15,17). The summed E-state index contributed by atoms with van der Waals surface area (Å²) in [7, 11) is 0. The smallest absolute Gasteiger partial charge is 0.319 e. The predicted molar refractivity (Wildman–Crippen MR) is 216 cm³/mol.